The lowest BCUT2D eigenvalue weighted by Crippen LogP contribution is -1.99. The summed E-state index contributed by atoms with van der Waals surface area (Å²) in [5, 5.41) is 9.31. The Kier molecular flexibility index (Phi) is 2.23. The number of halogens is 1. The normalized spacial score (nSPS) is 10.6. The molecule has 2 N–H and O–H groups in total. The van der Waals surface area contributed by atoms with Crippen LogP contribution in [0.5, 0.6) is 0 Å². The average molecular weight is 221 g/mol. The van der Waals surface area contributed by atoms with Crippen LogP contribution in [0.15, 0.2) is 12.1 Å². The molecule has 0 saturated heterocycles. The molecule has 0 fully saturated rings. The molecule has 2 rings (SSSR count). The number of fused-ring (bicyclic) bond motifs is 1. The Balaban J connectivity index is 2.93. The van der Waals surface area contributed by atoms with Crippen LogP contribution in [0.4, 0.5) is 4.39 Å². The molecule has 1 heterocycles. The highest BCUT2D eigenvalue weighted by Gasteiger charge is 2.19. The minimum absolute atomic E-state index is 0.0452. The van der Waals surface area contributed by atoms with Gasteiger partial charge in [-0.2, -0.15) is 0 Å². The monoisotopic (exact) mass is 221 g/mol. The van der Waals surface area contributed by atoms with Gasteiger partial charge in [0.1, 0.15) is 5.82 Å². The van der Waals surface area contributed by atoms with Crippen molar-refractivity contribution in [2.75, 3.05) is 0 Å². The predicted octanol–water partition coefficient (Wildman–Crippen LogP) is 2.13. The minimum Gasteiger partial charge on any atom is -0.478 e. The zero-order valence-corrected chi connectivity index (χ0v) is 8.37. The van der Waals surface area contributed by atoms with Gasteiger partial charge in [-0.3, -0.25) is 4.79 Å². The van der Waals surface area contributed by atoms with E-state index in [4.69, 9.17) is 5.11 Å². The molecule has 0 radical (unpaired) electrons. The standard InChI is InChI=1S/C11H8FNO3/c1-5-7(12)3-2-6-9(11(15)16)8(4-14)13-10(5)6/h2-4,13H,1H3,(H,15,16). The second-order valence-corrected chi connectivity index (χ2v) is 3.43. The zero-order valence-electron chi connectivity index (χ0n) is 8.37. The maximum absolute atomic E-state index is 13.2. The van der Waals surface area contributed by atoms with Crippen molar-refractivity contribution in [3.63, 3.8) is 0 Å². The van der Waals surface area contributed by atoms with Crippen molar-refractivity contribution in [3.05, 3.63) is 34.8 Å². The molecule has 2 aromatic rings. The molecule has 1 aromatic heterocycles. The first kappa shape index (κ1) is 10.4. The van der Waals surface area contributed by atoms with E-state index in [2.05, 4.69) is 4.98 Å². The van der Waals surface area contributed by atoms with E-state index >= 15 is 0 Å². The number of nitrogens with one attached hydrogen (secondary N) is 1. The molecule has 0 aliphatic carbocycles. The Hall–Kier alpha value is -2.17. The smallest absolute Gasteiger partial charge is 0.338 e. The largest absolute Gasteiger partial charge is 0.478 e. The number of aldehydes is 1. The van der Waals surface area contributed by atoms with Gasteiger partial charge < -0.3 is 10.1 Å². The van der Waals surface area contributed by atoms with Crippen LogP contribution in [-0.4, -0.2) is 22.3 Å². The SMILES string of the molecule is Cc1c(F)ccc2c(C(=O)O)c(C=O)[nH]c12. The van der Waals surface area contributed by atoms with Gasteiger partial charge in [0.25, 0.3) is 0 Å². The van der Waals surface area contributed by atoms with E-state index in [1.807, 2.05) is 0 Å². The first-order chi connectivity index (χ1) is 7.56. The lowest BCUT2D eigenvalue weighted by atomic mass is 10.1. The van der Waals surface area contributed by atoms with Crippen molar-refractivity contribution in [3.8, 4) is 0 Å². The van der Waals surface area contributed by atoms with Crippen LogP contribution in [0.3, 0.4) is 0 Å². The summed E-state index contributed by atoms with van der Waals surface area (Å²) in [6, 6.07) is 2.54. The number of aromatic nitrogens is 1. The Labute approximate surface area is 89.7 Å². The van der Waals surface area contributed by atoms with Gasteiger partial charge in [-0.15, -0.1) is 0 Å². The summed E-state index contributed by atoms with van der Waals surface area (Å²) in [4.78, 5) is 24.3. The van der Waals surface area contributed by atoms with Gasteiger partial charge >= 0.3 is 5.97 Å². The molecule has 0 saturated carbocycles. The van der Waals surface area contributed by atoms with Crippen LogP contribution in [0.25, 0.3) is 10.9 Å². The molecule has 0 amide bonds. The second-order valence-electron chi connectivity index (χ2n) is 3.43. The van der Waals surface area contributed by atoms with E-state index in [-0.39, 0.29) is 11.3 Å². The van der Waals surface area contributed by atoms with Crippen molar-refractivity contribution in [1.82, 2.24) is 4.98 Å². The van der Waals surface area contributed by atoms with Crippen molar-refractivity contribution in [2.24, 2.45) is 0 Å². The number of carboxylic acids is 1. The quantitative estimate of drug-likeness (QED) is 0.763. The van der Waals surface area contributed by atoms with Crippen molar-refractivity contribution >= 4 is 23.2 Å². The number of hydrogen-bond acceptors (Lipinski definition) is 2. The van der Waals surface area contributed by atoms with Crippen molar-refractivity contribution in [1.29, 1.82) is 0 Å². The van der Waals surface area contributed by atoms with Gasteiger partial charge in [-0.1, -0.05) is 0 Å². The molecule has 0 aliphatic heterocycles. The predicted molar refractivity (Wildman–Crippen MR) is 55.3 cm³/mol. The lowest BCUT2D eigenvalue weighted by molar-refractivity contribution is 0.0696. The van der Waals surface area contributed by atoms with E-state index in [0.717, 1.165) is 0 Å². The third-order valence-electron chi connectivity index (χ3n) is 2.53. The summed E-state index contributed by atoms with van der Waals surface area (Å²) in [6.07, 6.45) is 0.417. The summed E-state index contributed by atoms with van der Waals surface area (Å²) in [5.74, 6) is -1.65. The van der Waals surface area contributed by atoms with Gasteiger partial charge in [-0.25, -0.2) is 9.18 Å². The number of benzene rings is 1. The summed E-state index contributed by atoms with van der Waals surface area (Å²) < 4.78 is 13.2. The highest BCUT2D eigenvalue weighted by Crippen LogP contribution is 2.25. The van der Waals surface area contributed by atoms with E-state index in [9.17, 15) is 14.0 Å². The first-order valence-electron chi connectivity index (χ1n) is 4.55. The molecule has 1 aromatic carbocycles. The fourth-order valence-electron chi connectivity index (χ4n) is 1.72. The molecule has 0 spiro atoms. The summed E-state index contributed by atoms with van der Waals surface area (Å²) in [5.41, 5.74) is 0.483. The Bertz CT molecular complexity index is 601. The Morgan fingerprint density at radius 3 is 2.75 bits per heavy atom. The minimum atomic E-state index is -1.21. The number of aryl methyl sites for hydroxylation is 1. The molecule has 16 heavy (non-hydrogen) atoms. The first-order valence-corrected chi connectivity index (χ1v) is 4.55. The number of aromatic amines is 1. The summed E-state index contributed by atoms with van der Waals surface area (Å²) in [6.45, 7) is 1.52. The number of rotatable bonds is 2. The zero-order chi connectivity index (χ0) is 11.9. The number of carbonyl (C=O) groups is 2. The Morgan fingerprint density at radius 2 is 2.19 bits per heavy atom. The lowest BCUT2D eigenvalue weighted by Gasteiger charge is -1.98. The second kappa shape index (κ2) is 3.44. The fourth-order valence-corrected chi connectivity index (χ4v) is 1.72. The van der Waals surface area contributed by atoms with E-state index in [0.29, 0.717) is 22.8 Å². The molecule has 0 atom stereocenters. The summed E-state index contributed by atoms with van der Waals surface area (Å²) >= 11 is 0. The molecule has 0 aliphatic rings. The fraction of sp³-hybridized carbons (Fsp3) is 0.0909. The topological polar surface area (TPSA) is 70.2 Å². The number of H-pyrrole nitrogens is 1. The van der Waals surface area contributed by atoms with E-state index in [1.165, 1.54) is 19.1 Å². The van der Waals surface area contributed by atoms with Gasteiger partial charge in [0, 0.05) is 10.9 Å². The molecule has 0 unspecified atom stereocenters. The molecule has 0 bridgehead atoms. The highest BCUT2D eigenvalue weighted by atomic mass is 19.1. The van der Waals surface area contributed by atoms with E-state index in [1.54, 1.807) is 0 Å². The number of carboxylic acid groups (broad SMARTS) is 1. The molecule has 4 nitrogen and oxygen atoms in total. The average Bonchev–Trinajstić information content (AvgIpc) is 2.62. The molecular weight excluding hydrogens is 213 g/mol. The summed E-state index contributed by atoms with van der Waals surface area (Å²) in [7, 11) is 0. The number of hydrogen-bond donors (Lipinski definition) is 2. The third kappa shape index (κ3) is 1.29. The van der Waals surface area contributed by atoms with Crippen LogP contribution in [0.2, 0.25) is 0 Å². The molecule has 82 valence electrons. The van der Waals surface area contributed by atoms with Gasteiger partial charge in [0.2, 0.25) is 0 Å². The Morgan fingerprint density at radius 1 is 1.50 bits per heavy atom. The highest BCUT2D eigenvalue weighted by molar-refractivity contribution is 6.10. The van der Waals surface area contributed by atoms with Crippen LogP contribution in [-0.2, 0) is 0 Å². The van der Waals surface area contributed by atoms with E-state index < -0.39 is 11.8 Å². The van der Waals surface area contributed by atoms with Crippen LogP contribution in [0.1, 0.15) is 26.4 Å². The van der Waals surface area contributed by atoms with Crippen LogP contribution in [0, 0.1) is 12.7 Å². The molecule has 5 heteroatoms. The van der Waals surface area contributed by atoms with Crippen molar-refractivity contribution < 1.29 is 19.1 Å². The van der Waals surface area contributed by atoms with Gasteiger partial charge in [0.05, 0.1) is 16.8 Å². The maximum Gasteiger partial charge on any atom is 0.338 e. The van der Waals surface area contributed by atoms with Crippen LogP contribution < -0.4 is 0 Å². The van der Waals surface area contributed by atoms with Gasteiger partial charge in [0.15, 0.2) is 6.29 Å². The van der Waals surface area contributed by atoms with Crippen molar-refractivity contribution in [2.45, 2.75) is 6.92 Å². The van der Waals surface area contributed by atoms with Crippen LogP contribution >= 0.6 is 0 Å². The number of aromatic carboxylic acids is 1. The maximum atomic E-state index is 13.2. The molecular formula is C11H8FNO3. The number of carbonyl (C=O) groups excluding carboxylic acids is 1. The van der Waals surface area contributed by atoms with Gasteiger partial charge in [-0.05, 0) is 19.1 Å². The third-order valence-corrected chi connectivity index (χ3v) is 2.53.